The molecule has 0 bridgehead atoms. The van der Waals surface area contributed by atoms with E-state index in [2.05, 4.69) is 57.2 Å². The normalized spacial score (nSPS) is 13.3. The number of nitrogens with zero attached hydrogens (tertiary/aromatic N) is 2. The zero-order chi connectivity index (χ0) is 37.9. The van der Waals surface area contributed by atoms with Crippen LogP contribution in [0.5, 0.6) is 0 Å². The molecule has 0 unspecified atom stereocenters. The second-order valence-electron chi connectivity index (χ2n) is 12.9. The summed E-state index contributed by atoms with van der Waals surface area (Å²) in [5.41, 5.74) is 4.94. The summed E-state index contributed by atoms with van der Waals surface area (Å²) in [4.78, 5) is 93.3. The lowest BCUT2D eigenvalue weighted by atomic mass is 10.0. The van der Waals surface area contributed by atoms with Gasteiger partial charge in [0.1, 0.15) is 17.4 Å². The van der Waals surface area contributed by atoms with Gasteiger partial charge in [0.25, 0.3) is 23.6 Å². The Bertz CT molecular complexity index is 1900. The van der Waals surface area contributed by atoms with Crippen LogP contribution < -0.4 is 32.3 Å². The van der Waals surface area contributed by atoms with E-state index in [1.807, 2.05) is 38.1 Å². The molecule has 4 atom stereocenters. The molecule has 19 heteroatoms. The summed E-state index contributed by atoms with van der Waals surface area (Å²) in [6, 6.07) is 4.59. The highest BCUT2D eigenvalue weighted by molar-refractivity contribution is 6.07. The number of ketones is 1. The Morgan fingerprint density at radius 3 is 2.02 bits per heavy atom. The Kier molecular flexibility index (Phi) is 15.2. The summed E-state index contributed by atoms with van der Waals surface area (Å²) in [6.45, 7) is 7.42. The Hall–Kier alpha value is -5.59. The average Bonchev–Trinajstić information content (AvgIpc) is 3.88. The van der Waals surface area contributed by atoms with Crippen LogP contribution in [0.1, 0.15) is 81.6 Å². The lowest BCUT2D eigenvalue weighted by molar-refractivity contribution is -0.373. The van der Waals surface area contributed by atoms with Crippen molar-refractivity contribution in [3.63, 3.8) is 0 Å². The number of carbonyl (C=O) groups is 6. The summed E-state index contributed by atoms with van der Waals surface area (Å²) in [6.07, 6.45) is 5.00. The van der Waals surface area contributed by atoms with E-state index in [1.54, 1.807) is 13.1 Å². The lowest BCUT2D eigenvalue weighted by Gasteiger charge is -2.20. The number of aromatic amines is 3. The van der Waals surface area contributed by atoms with Crippen molar-refractivity contribution < 1.29 is 39.6 Å². The number of fused-ring (bicyclic) bond motifs is 1. The van der Waals surface area contributed by atoms with Crippen molar-refractivity contribution in [1.82, 2.24) is 51.5 Å². The van der Waals surface area contributed by atoms with E-state index in [9.17, 15) is 28.8 Å². The SMILES string of the molecule is CC(C)C[C@@H](C[NH3+])NC(=O)c1nc[nH]c1C(=O)N[C@@H](Cc1c[nH]c2ccccc12)C(=O)CNC[C@H](C)NC(=O)c1nc[nH]c1C(=O)N[C@@H](C)C(=O)O.Cl. The third-order valence-corrected chi connectivity index (χ3v) is 8.24. The molecule has 12 N–H and O–H groups in total. The first-order valence-electron chi connectivity index (χ1n) is 16.9. The highest BCUT2D eigenvalue weighted by Gasteiger charge is 2.29. The number of aromatic nitrogens is 5. The first-order chi connectivity index (χ1) is 24.8. The van der Waals surface area contributed by atoms with Crippen molar-refractivity contribution in [1.29, 1.82) is 0 Å². The third-order valence-electron chi connectivity index (χ3n) is 8.24. The Morgan fingerprint density at radius 1 is 0.811 bits per heavy atom. The van der Waals surface area contributed by atoms with Crippen molar-refractivity contribution in [3.8, 4) is 0 Å². The number of carboxylic acid groups (broad SMARTS) is 1. The molecule has 0 saturated carbocycles. The number of nitrogens with one attached hydrogen (secondary N) is 8. The number of Topliss-reactive ketones (excluding diaryl/α,β-unsaturated/α-hetero) is 1. The van der Waals surface area contributed by atoms with Crippen LogP contribution in [-0.2, 0) is 16.0 Å². The van der Waals surface area contributed by atoms with Crippen molar-refractivity contribution >= 4 is 58.7 Å². The van der Waals surface area contributed by atoms with Crippen molar-refractivity contribution in [2.24, 2.45) is 5.92 Å². The zero-order valence-corrected chi connectivity index (χ0v) is 30.7. The molecule has 4 amide bonds. The van der Waals surface area contributed by atoms with Crippen LogP contribution in [-0.4, -0.2) is 109 Å². The molecule has 4 rings (SSSR count). The van der Waals surface area contributed by atoms with E-state index in [1.165, 1.54) is 13.3 Å². The Balaban J connectivity index is 0.00000756. The number of imidazole rings is 2. The number of H-pyrrole nitrogens is 3. The van der Waals surface area contributed by atoms with Gasteiger partial charge in [-0.3, -0.25) is 28.8 Å². The predicted molar refractivity (Wildman–Crippen MR) is 196 cm³/mol. The van der Waals surface area contributed by atoms with Crippen LogP contribution in [0, 0.1) is 5.92 Å². The van der Waals surface area contributed by atoms with Gasteiger partial charge in [-0.25, -0.2) is 9.97 Å². The smallest absolute Gasteiger partial charge is 0.325 e. The molecular formula is C34H47ClN11O7+. The summed E-state index contributed by atoms with van der Waals surface area (Å²) in [7, 11) is 0. The molecule has 0 fully saturated rings. The number of halogens is 1. The number of quaternary nitrogens is 1. The number of carbonyl (C=O) groups excluding carboxylic acids is 5. The van der Waals surface area contributed by atoms with Gasteiger partial charge in [0.15, 0.2) is 17.2 Å². The molecular weight excluding hydrogens is 710 g/mol. The van der Waals surface area contributed by atoms with E-state index < -0.39 is 47.7 Å². The number of para-hydroxylation sites is 1. The van der Waals surface area contributed by atoms with Crippen LogP contribution >= 0.6 is 12.4 Å². The minimum atomic E-state index is -1.24. The molecule has 286 valence electrons. The van der Waals surface area contributed by atoms with E-state index in [-0.39, 0.29) is 66.5 Å². The summed E-state index contributed by atoms with van der Waals surface area (Å²) >= 11 is 0. The maximum absolute atomic E-state index is 13.7. The molecule has 0 saturated heterocycles. The van der Waals surface area contributed by atoms with Crippen molar-refractivity contribution in [2.75, 3.05) is 19.6 Å². The second kappa shape index (κ2) is 19.3. The topological polar surface area (TPSA) is 284 Å². The number of aliphatic carboxylic acids is 1. The third kappa shape index (κ3) is 11.2. The molecule has 0 radical (unpaired) electrons. The number of amides is 4. The highest BCUT2D eigenvalue weighted by Crippen LogP contribution is 2.20. The van der Waals surface area contributed by atoms with Gasteiger partial charge in [0.2, 0.25) is 0 Å². The Morgan fingerprint density at radius 2 is 1.42 bits per heavy atom. The molecule has 0 aliphatic rings. The number of carboxylic acids is 1. The number of benzene rings is 1. The van der Waals surface area contributed by atoms with E-state index in [0.29, 0.717) is 18.9 Å². The Labute approximate surface area is 311 Å². The summed E-state index contributed by atoms with van der Waals surface area (Å²) < 4.78 is 0. The molecule has 4 aromatic rings. The molecule has 3 heterocycles. The first-order valence-corrected chi connectivity index (χ1v) is 16.9. The van der Waals surface area contributed by atoms with Crippen LogP contribution in [0.3, 0.4) is 0 Å². The number of hydrogen-bond acceptors (Lipinski definition) is 9. The van der Waals surface area contributed by atoms with Crippen molar-refractivity contribution in [3.05, 3.63) is 71.5 Å². The van der Waals surface area contributed by atoms with Crippen LogP contribution in [0.25, 0.3) is 10.9 Å². The standard InChI is InChI=1S/C34H45N11O7.ClH/c1-17(2)9-21(11-35)44-32(49)28-29(41-16-40-28)33(50)45-24(10-20-13-37-23-8-6-5-7-22(20)23)25(46)14-36-12-18(3)42-30(47)26-27(39-15-38-26)31(48)43-19(4)34(51)52;/h5-8,13,15-19,21,24,36-37H,9-12,14,35H2,1-4H3,(H,38,39)(H,40,41)(H,42,47)(H,43,48)(H,44,49)(H,45,50)(H,51,52);1H/p+1/t18-,19-,21-,24-;/m0./s1. The molecule has 18 nitrogen and oxygen atoms in total. The van der Waals surface area contributed by atoms with Gasteiger partial charge in [-0.2, -0.15) is 0 Å². The fourth-order valence-electron chi connectivity index (χ4n) is 5.56. The largest absolute Gasteiger partial charge is 0.480 e. The minimum absolute atomic E-state index is 0. The van der Waals surface area contributed by atoms with Gasteiger partial charge >= 0.3 is 5.97 Å². The molecule has 1 aromatic carbocycles. The van der Waals surface area contributed by atoms with Gasteiger partial charge in [-0.1, -0.05) is 32.0 Å². The average molecular weight is 757 g/mol. The first kappa shape index (κ1) is 41.8. The molecule has 0 aliphatic heterocycles. The van der Waals surface area contributed by atoms with E-state index in [0.717, 1.165) is 22.8 Å². The molecule has 53 heavy (non-hydrogen) atoms. The maximum atomic E-state index is 13.7. The predicted octanol–water partition coefficient (Wildman–Crippen LogP) is -0.0565. The number of rotatable bonds is 19. The quantitative estimate of drug-likeness (QED) is 0.0609. The van der Waals surface area contributed by atoms with Gasteiger partial charge in [0.05, 0.1) is 37.8 Å². The summed E-state index contributed by atoms with van der Waals surface area (Å²) in [5.74, 6) is -4.01. The zero-order valence-electron chi connectivity index (χ0n) is 29.9. The monoisotopic (exact) mass is 756 g/mol. The summed E-state index contributed by atoms with van der Waals surface area (Å²) in [5, 5.41) is 23.6. The van der Waals surface area contributed by atoms with Crippen LogP contribution in [0.15, 0.2) is 43.1 Å². The van der Waals surface area contributed by atoms with E-state index in [4.69, 9.17) is 5.11 Å². The fourth-order valence-corrected chi connectivity index (χ4v) is 5.56. The van der Waals surface area contributed by atoms with Gasteiger partial charge in [0, 0.05) is 36.1 Å². The molecule has 3 aromatic heterocycles. The lowest BCUT2D eigenvalue weighted by Crippen LogP contribution is -2.60. The molecule has 0 aliphatic carbocycles. The minimum Gasteiger partial charge on any atom is -0.480 e. The van der Waals surface area contributed by atoms with Gasteiger partial charge in [-0.15, -0.1) is 12.4 Å². The van der Waals surface area contributed by atoms with Gasteiger partial charge in [-0.05, 0) is 37.8 Å². The van der Waals surface area contributed by atoms with Gasteiger partial charge < -0.3 is 52.4 Å². The maximum Gasteiger partial charge on any atom is 0.325 e. The number of hydrogen-bond donors (Lipinski definition) is 10. The second-order valence-corrected chi connectivity index (χ2v) is 12.9. The fraction of sp³-hybridized carbons (Fsp3) is 0.412. The van der Waals surface area contributed by atoms with Crippen molar-refractivity contribution in [2.45, 2.75) is 64.7 Å². The van der Waals surface area contributed by atoms with E-state index >= 15 is 0 Å². The highest BCUT2D eigenvalue weighted by atomic mass is 35.5. The molecule has 0 spiro atoms. The van der Waals surface area contributed by atoms with Crippen LogP contribution in [0.2, 0.25) is 0 Å². The van der Waals surface area contributed by atoms with Crippen LogP contribution in [0.4, 0.5) is 0 Å².